The molecule has 3 rings (SSSR count). The maximum atomic E-state index is 6.10. The highest BCUT2D eigenvalue weighted by atomic mass is 16.5. The molecule has 0 saturated heterocycles. The lowest BCUT2D eigenvalue weighted by molar-refractivity contribution is 0.0683. The highest BCUT2D eigenvalue weighted by Crippen LogP contribution is 2.30. The minimum absolute atomic E-state index is 0.200. The second kappa shape index (κ2) is 5.54. The van der Waals surface area contributed by atoms with Crippen LogP contribution in [0.2, 0.25) is 0 Å². The molecule has 108 valence electrons. The summed E-state index contributed by atoms with van der Waals surface area (Å²) >= 11 is 0. The maximum absolute atomic E-state index is 6.10. The van der Waals surface area contributed by atoms with Crippen LogP contribution in [0.15, 0.2) is 40.9 Å². The van der Waals surface area contributed by atoms with Crippen molar-refractivity contribution in [2.24, 2.45) is 0 Å². The maximum Gasteiger partial charge on any atom is 0.260 e. The van der Waals surface area contributed by atoms with Crippen molar-refractivity contribution in [2.45, 2.75) is 20.0 Å². The molecule has 0 aliphatic carbocycles. The van der Waals surface area contributed by atoms with Gasteiger partial charge in [0.15, 0.2) is 0 Å². The lowest BCUT2D eigenvalue weighted by Crippen LogP contribution is -2.01. The number of hydrogen-bond donors (Lipinski definition) is 1. The Morgan fingerprint density at radius 2 is 1.95 bits per heavy atom. The summed E-state index contributed by atoms with van der Waals surface area (Å²) in [6, 6.07) is 11.9. The monoisotopic (exact) mass is 283 g/mol. The van der Waals surface area contributed by atoms with Crippen LogP contribution >= 0.6 is 0 Å². The van der Waals surface area contributed by atoms with Crippen LogP contribution in [0.1, 0.15) is 25.8 Å². The van der Waals surface area contributed by atoms with E-state index in [1.54, 1.807) is 0 Å². The van der Waals surface area contributed by atoms with E-state index in [0.717, 1.165) is 16.3 Å². The first-order valence-corrected chi connectivity index (χ1v) is 6.93. The Morgan fingerprint density at radius 1 is 1.24 bits per heavy atom. The molecule has 0 saturated carbocycles. The van der Waals surface area contributed by atoms with Crippen LogP contribution in [-0.4, -0.2) is 16.7 Å². The van der Waals surface area contributed by atoms with Gasteiger partial charge in [0.1, 0.15) is 6.10 Å². The molecule has 5 nitrogen and oxygen atoms in total. The first-order valence-electron chi connectivity index (χ1n) is 6.93. The number of benzene rings is 2. The van der Waals surface area contributed by atoms with Crippen molar-refractivity contribution in [3.8, 4) is 11.5 Å². The van der Waals surface area contributed by atoms with E-state index < -0.39 is 0 Å². The number of aromatic nitrogens is 2. The number of fused-ring (bicyclic) bond motifs is 1. The average molecular weight is 283 g/mol. The highest BCUT2D eigenvalue weighted by Gasteiger charge is 2.16. The predicted molar refractivity (Wildman–Crippen MR) is 81.7 cm³/mol. The third kappa shape index (κ3) is 2.60. The largest absolute Gasteiger partial charge is 0.398 e. The molecule has 5 heteroatoms. The number of rotatable bonds is 4. The van der Waals surface area contributed by atoms with Gasteiger partial charge in [0.2, 0.25) is 5.82 Å². The molecule has 0 amide bonds. The Balaban J connectivity index is 2.02. The molecule has 0 spiro atoms. The van der Waals surface area contributed by atoms with Crippen LogP contribution in [-0.2, 0) is 4.74 Å². The molecule has 1 atom stereocenters. The molecule has 1 heterocycles. The minimum atomic E-state index is -0.200. The first kappa shape index (κ1) is 13.6. The van der Waals surface area contributed by atoms with E-state index in [0.29, 0.717) is 24.0 Å². The second-order valence-electron chi connectivity index (χ2n) is 4.84. The van der Waals surface area contributed by atoms with Gasteiger partial charge in [0, 0.05) is 12.3 Å². The first-order chi connectivity index (χ1) is 10.2. The number of ether oxygens (including phenoxy) is 1. The van der Waals surface area contributed by atoms with Crippen molar-refractivity contribution < 1.29 is 9.26 Å². The van der Waals surface area contributed by atoms with Gasteiger partial charge in [-0.05, 0) is 36.8 Å². The van der Waals surface area contributed by atoms with Gasteiger partial charge in [-0.3, -0.25) is 0 Å². The molecule has 21 heavy (non-hydrogen) atoms. The molecular formula is C16H17N3O2. The Labute approximate surface area is 122 Å². The average Bonchev–Trinajstić information content (AvgIpc) is 2.96. The molecule has 3 aromatic rings. The number of nitrogens with two attached hydrogens (primary N) is 1. The van der Waals surface area contributed by atoms with Crippen LogP contribution in [0.25, 0.3) is 22.2 Å². The van der Waals surface area contributed by atoms with Crippen LogP contribution in [0, 0.1) is 0 Å². The van der Waals surface area contributed by atoms with Crippen molar-refractivity contribution in [2.75, 3.05) is 12.3 Å². The van der Waals surface area contributed by atoms with Gasteiger partial charge in [-0.1, -0.05) is 29.4 Å². The van der Waals surface area contributed by atoms with E-state index in [1.807, 2.05) is 50.2 Å². The SMILES string of the molecule is CCOC(C)c1noc(-c2cc3ccccc3cc2N)n1. The van der Waals surface area contributed by atoms with Gasteiger partial charge >= 0.3 is 0 Å². The summed E-state index contributed by atoms with van der Waals surface area (Å²) in [5.74, 6) is 0.944. The van der Waals surface area contributed by atoms with Gasteiger partial charge in [0.05, 0.1) is 5.56 Å². The summed E-state index contributed by atoms with van der Waals surface area (Å²) in [5.41, 5.74) is 7.47. The molecular weight excluding hydrogens is 266 g/mol. The number of nitrogens with zero attached hydrogens (tertiary/aromatic N) is 2. The molecule has 0 radical (unpaired) electrons. The topological polar surface area (TPSA) is 74.2 Å². The number of hydrogen-bond acceptors (Lipinski definition) is 5. The summed E-state index contributed by atoms with van der Waals surface area (Å²) in [6.07, 6.45) is -0.200. The van der Waals surface area contributed by atoms with Gasteiger partial charge in [-0.15, -0.1) is 0 Å². The Morgan fingerprint density at radius 3 is 2.67 bits per heavy atom. The summed E-state index contributed by atoms with van der Waals surface area (Å²) in [4.78, 5) is 4.38. The highest BCUT2D eigenvalue weighted by molar-refractivity contribution is 5.92. The lowest BCUT2D eigenvalue weighted by atomic mass is 10.1. The lowest BCUT2D eigenvalue weighted by Gasteiger charge is -2.05. The zero-order valence-corrected chi connectivity index (χ0v) is 12.0. The van der Waals surface area contributed by atoms with E-state index in [-0.39, 0.29) is 6.10 Å². The third-order valence-electron chi connectivity index (χ3n) is 3.37. The Bertz CT molecular complexity index is 767. The molecule has 2 N–H and O–H groups in total. The van der Waals surface area contributed by atoms with E-state index in [2.05, 4.69) is 10.1 Å². The van der Waals surface area contributed by atoms with Crippen LogP contribution in [0.5, 0.6) is 0 Å². The van der Waals surface area contributed by atoms with Crippen molar-refractivity contribution in [3.05, 3.63) is 42.2 Å². The third-order valence-corrected chi connectivity index (χ3v) is 3.37. The summed E-state index contributed by atoms with van der Waals surface area (Å²) in [5, 5.41) is 6.13. The minimum Gasteiger partial charge on any atom is -0.398 e. The van der Waals surface area contributed by atoms with Gasteiger partial charge in [0.25, 0.3) is 5.89 Å². The van der Waals surface area contributed by atoms with Gasteiger partial charge < -0.3 is 15.0 Å². The van der Waals surface area contributed by atoms with Gasteiger partial charge in [-0.2, -0.15) is 4.98 Å². The summed E-state index contributed by atoms with van der Waals surface area (Å²) in [6.45, 7) is 4.42. The number of nitrogen functional groups attached to an aromatic ring is 1. The van der Waals surface area contributed by atoms with Crippen LogP contribution in [0.4, 0.5) is 5.69 Å². The fourth-order valence-electron chi connectivity index (χ4n) is 2.28. The molecule has 0 bridgehead atoms. The van der Waals surface area contributed by atoms with Crippen molar-refractivity contribution in [1.82, 2.24) is 10.1 Å². The second-order valence-corrected chi connectivity index (χ2v) is 4.84. The smallest absolute Gasteiger partial charge is 0.260 e. The normalized spacial score (nSPS) is 12.7. The van der Waals surface area contributed by atoms with E-state index in [4.69, 9.17) is 15.0 Å². The summed E-state index contributed by atoms with van der Waals surface area (Å²) < 4.78 is 10.8. The van der Waals surface area contributed by atoms with E-state index >= 15 is 0 Å². The molecule has 0 aliphatic rings. The number of anilines is 1. The molecule has 0 fully saturated rings. The quantitative estimate of drug-likeness (QED) is 0.741. The Kier molecular flexibility index (Phi) is 3.58. The van der Waals surface area contributed by atoms with Crippen LogP contribution < -0.4 is 5.73 Å². The van der Waals surface area contributed by atoms with E-state index in [1.165, 1.54) is 0 Å². The van der Waals surface area contributed by atoms with Crippen molar-refractivity contribution >= 4 is 16.5 Å². The standard InChI is InChI=1S/C16H17N3O2/c1-3-20-10(2)15-18-16(21-19-15)13-8-11-6-4-5-7-12(11)9-14(13)17/h4-10H,3,17H2,1-2H3. The van der Waals surface area contributed by atoms with E-state index in [9.17, 15) is 0 Å². The van der Waals surface area contributed by atoms with Crippen LogP contribution in [0.3, 0.4) is 0 Å². The Hall–Kier alpha value is -2.40. The predicted octanol–water partition coefficient (Wildman–Crippen LogP) is 3.57. The fourth-order valence-corrected chi connectivity index (χ4v) is 2.28. The molecule has 2 aromatic carbocycles. The fraction of sp³-hybridized carbons (Fsp3) is 0.250. The zero-order chi connectivity index (χ0) is 14.8. The molecule has 1 aromatic heterocycles. The van der Waals surface area contributed by atoms with Crippen molar-refractivity contribution in [3.63, 3.8) is 0 Å². The van der Waals surface area contributed by atoms with Gasteiger partial charge in [-0.25, -0.2) is 0 Å². The van der Waals surface area contributed by atoms with Crippen molar-refractivity contribution in [1.29, 1.82) is 0 Å². The zero-order valence-electron chi connectivity index (χ0n) is 12.0. The molecule has 0 aliphatic heterocycles. The summed E-state index contributed by atoms with van der Waals surface area (Å²) in [7, 11) is 0. The molecule has 1 unspecified atom stereocenters.